The van der Waals surface area contributed by atoms with Crippen LogP contribution in [0.15, 0.2) is 66.9 Å². The van der Waals surface area contributed by atoms with Crippen LogP contribution in [0.4, 0.5) is 20.3 Å². The van der Waals surface area contributed by atoms with E-state index in [0.717, 1.165) is 37.7 Å². The summed E-state index contributed by atoms with van der Waals surface area (Å²) < 4.78 is 28.4. The molecule has 1 fully saturated rings. The fourth-order valence-corrected chi connectivity index (χ4v) is 4.64. The molecule has 0 spiro atoms. The van der Waals surface area contributed by atoms with E-state index in [9.17, 15) is 18.4 Å². The normalized spacial score (nSPS) is 14.6. The SMILES string of the molecule is Cc1ccccc1C(C(=O)NC1CCCCC1)N(C(=O)CNc1ncccc1F)c1cccc(F)c1. The lowest BCUT2D eigenvalue weighted by Crippen LogP contribution is -2.49. The van der Waals surface area contributed by atoms with Crippen molar-refractivity contribution in [3.63, 3.8) is 0 Å². The predicted molar refractivity (Wildman–Crippen MR) is 136 cm³/mol. The van der Waals surface area contributed by atoms with Crippen LogP contribution in [0.1, 0.15) is 49.3 Å². The van der Waals surface area contributed by atoms with Gasteiger partial charge >= 0.3 is 0 Å². The van der Waals surface area contributed by atoms with E-state index in [1.807, 2.05) is 19.1 Å². The van der Waals surface area contributed by atoms with E-state index in [-0.39, 0.29) is 30.0 Å². The van der Waals surface area contributed by atoms with Crippen molar-refractivity contribution < 1.29 is 18.4 Å². The Kier molecular flexibility index (Phi) is 8.25. The predicted octanol–water partition coefficient (Wildman–Crippen LogP) is 5.30. The number of carbonyl (C=O) groups excluding carboxylic acids is 2. The maximum atomic E-state index is 14.3. The minimum Gasteiger partial charge on any atom is -0.359 e. The number of aromatic nitrogens is 1. The van der Waals surface area contributed by atoms with Gasteiger partial charge in [-0.2, -0.15) is 0 Å². The standard InChI is InChI=1S/C28H30F2N4O2/c1-19-9-5-6-14-23(19)26(28(36)33-21-11-3-2-4-12-21)34(22-13-7-10-20(29)17-22)25(35)18-32-27-24(30)15-8-16-31-27/h5-10,13-17,21,26H,2-4,11-12,18H2,1H3,(H,31,32)(H,33,36). The number of hydrogen-bond donors (Lipinski definition) is 2. The zero-order valence-electron chi connectivity index (χ0n) is 20.2. The largest absolute Gasteiger partial charge is 0.359 e. The van der Waals surface area contributed by atoms with Crippen LogP contribution in [0.5, 0.6) is 0 Å². The Bertz CT molecular complexity index is 1210. The molecule has 8 heteroatoms. The third-order valence-electron chi connectivity index (χ3n) is 6.46. The lowest BCUT2D eigenvalue weighted by atomic mass is 9.93. The number of nitrogens with one attached hydrogen (secondary N) is 2. The molecule has 1 aliphatic carbocycles. The number of anilines is 2. The molecule has 1 atom stereocenters. The van der Waals surface area contributed by atoms with Gasteiger partial charge in [-0.05, 0) is 61.2 Å². The molecular formula is C28H30F2N4O2. The Labute approximate surface area is 209 Å². The molecule has 0 radical (unpaired) electrons. The van der Waals surface area contributed by atoms with Crippen LogP contribution in [0.3, 0.4) is 0 Å². The van der Waals surface area contributed by atoms with Gasteiger partial charge in [0.25, 0.3) is 0 Å². The summed E-state index contributed by atoms with van der Waals surface area (Å²) in [5, 5.41) is 5.84. The maximum absolute atomic E-state index is 14.3. The first kappa shape index (κ1) is 25.3. The third kappa shape index (κ3) is 6.05. The smallest absolute Gasteiger partial charge is 0.248 e. The summed E-state index contributed by atoms with van der Waals surface area (Å²) in [4.78, 5) is 32.7. The molecule has 2 N–H and O–H groups in total. The number of carbonyl (C=O) groups is 2. The molecule has 4 rings (SSSR count). The fourth-order valence-electron chi connectivity index (χ4n) is 4.64. The zero-order valence-corrected chi connectivity index (χ0v) is 20.2. The lowest BCUT2D eigenvalue weighted by molar-refractivity contribution is -0.126. The molecule has 0 saturated heterocycles. The van der Waals surface area contributed by atoms with E-state index in [4.69, 9.17) is 0 Å². The van der Waals surface area contributed by atoms with Gasteiger partial charge in [0.1, 0.15) is 11.9 Å². The van der Waals surface area contributed by atoms with Crippen LogP contribution >= 0.6 is 0 Å². The second-order valence-corrected chi connectivity index (χ2v) is 9.03. The Morgan fingerprint density at radius 1 is 1.03 bits per heavy atom. The molecule has 0 aliphatic heterocycles. The summed E-state index contributed by atoms with van der Waals surface area (Å²) in [5.41, 5.74) is 1.68. The summed E-state index contributed by atoms with van der Waals surface area (Å²) >= 11 is 0. The monoisotopic (exact) mass is 492 g/mol. The van der Waals surface area contributed by atoms with Crippen molar-refractivity contribution >= 4 is 23.3 Å². The maximum Gasteiger partial charge on any atom is 0.248 e. The number of halogens is 2. The second kappa shape index (κ2) is 11.7. The summed E-state index contributed by atoms with van der Waals surface area (Å²) in [7, 11) is 0. The molecule has 1 unspecified atom stereocenters. The van der Waals surface area contributed by atoms with Gasteiger partial charge in [-0.25, -0.2) is 13.8 Å². The summed E-state index contributed by atoms with van der Waals surface area (Å²) in [6, 6.07) is 14.6. The topological polar surface area (TPSA) is 74.3 Å². The quantitative estimate of drug-likeness (QED) is 0.447. The van der Waals surface area contributed by atoms with E-state index >= 15 is 0 Å². The number of benzene rings is 2. The van der Waals surface area contributed by atoms with E-state index < -0.39 is 23.6 Å². The van der Waals surface area contributed by atoms with Gasteiger partial charge in [0.05, 0.1) is 6.54 Å². The highest BCUT2D eigenvalue weighted by Crippen LogP contribution is 2.31. The van der Waals surface area contributed by atoms with E-state index in [1.54, 1.807) is 18.2 Å². The Morgan fingerprint density at radius 2 is 1.81 bits per heavy atom. The molecule has 1 aliphatic rings. The fraction of sp³-hybridized carbons (Fsp3) is 0.321. The Balaban J connectivity index is 1.72. The second-order valence-electron chi connectivity index (χ2n) is 9.03. The summed E-state index contributed by atoms with van der Waals surface area (Å²) in [5.74, 6) is -2.09. The highest BCUT2D eigenvalue weighted by atomic mass is 19.1. The van der Waals surface area contributed by atoms with Crippen LogP contribution in [0, 0.1) is 18.6 Å². The summed E-state index contributed by atoms with van der Waals surface area (Å²) in [6.45, 7) is 1.52. The van der Waals surface area contributed by atoms with Crippen molar-refractivity contribution in [1.82, 2.24) is 10.3 Å². The molecular weight excluding hydrogens is 462 g/mol. The highest BCUT2D eigenvalue weighted by Gasteiger charge is 2.35. The van der Waals surface area contributed by atoms with Crippen LogP contribution < -0.4 is 15.5 Å². The number of amides is 2. The first-order valence-corrected chi connectivity index (χ1v) is 12.2. The van der Waals surface area contributed by atoms with Crippen molar-refractivity contribution in [1.29, 1.82) is 0 Å². The van der Waals surface area contributed by atoms with Crippen LogP contribution in [-0.4, -0.2) is 29.4 Å². The van der Waals surface area contributed by atoms with Crippen LogP contribution in [0.2, 0.25) is 0 Å². The minimum atomic E-state index is -1.04. The highest BCUT2D eigenvalue weighted by molar-refractivity contribution is 6.03. The van der Waals surface area contributed by atoms with Crippen molar-refractivity contribution in [2.45, 2.75) is 51.1 Å². The van der Waals surface area contributed by atoms with Crippen molar-refractivity contribution in [2.24, 2.45) is 0 Å². The molecule has 6 nitrogen and oxygen atoms in total. The third-order valence-corrected chi connectivity index (χ3v) is 6.46. The van der Waals surface area contributed by atoms with E-state index in [0.29, 0.717) is 5.56 Å². The van der Waals surface area contributed by atoms with Crippen LogP contribution in [0.25, 0.3) is 0 Å². The van der Waals surface area contributed by atoms with E-state index in [2.05, 4.69) is 15.6 Å². The number of aryl methyl sites for hydroxylation is 1. The zero-order chi connectivity index (χ0) is 25.5. The molecule has 188 valence electrons. The van der Waals surface area contributed by atoms with Gasteiger partial charge in [0, 0.05) is 17.9 Å². The molecule has 0 bridgehead atoms. The molecule has 36 heavy (non-hydrogen) atoms. The van der Waals surface area contributed by atoms with Crippen LogP contribution in [-0.2, 0) is 9.59 Å². The first-order chi connectivity index (χ1) is 17.4. The van der Waals surface area contributed by atoms with Gasteiger partial charge in [0.2, 0.25) is 11.8 Å². The van der Waals surface area contributed by atoms with Gasteiger partial charge in [-0.1, -0.05) is 49.6 Å². The number of pyridine rings is 1. The Morgan fingerprint density at radius 3 is 2.53 bits per heavy atom. The molecule has 1 aromatic heterocycles. The van der Waals surface area contributed by atoms with Crippen molar-refractivity contribution in [3.8, 4) is 0 Å². The molecule has 3 aromatic rings. The Hall–Kier alpha value is -3.81. The average molecular weight is 493 g/mol. The minimum absolute atomic E-state index is 0.0166. The van der Waals surface area contributed by atoms with Gasteiger partial charge < -0.3 is 10.6 Å². The molecule has 2 amide bonds. The average Bonchev–Trinajstić information content (AvgIpc) is 2.87. The number of nitrogens with zero attached hydrogens (tertiary/aromatic N) is 2. The summed E-state index contributed by atoms with van der Waals surface area (Å²) in [6.07, 6.45) is 6.37. The van der Waals surface area contributed by atoms with Gasteiger partial charge in [-0.3, -0.25) is 14.5 Å². The van der Waals surface area contributed by atoms with Crippen molar-refractivity contribution in [3.05, 3.63) is 89.6 Å². The number of rotatable bonds is 8. The molecule has 1 heterocycles. The first-order valence-electron chi connectivity index (χ1n) is 12.2. The van der Waals surface area contributed by atoms with Gasteiger partial charge in [-0.15, -0.1) is 0 Å². The van der Waals surface area contributed by atoms with Gasteiger partial charge in [0.15, 0.2) is 11.6 Å². The number of hydrogen-bond acceptors (Lipinski definition) is 4. The lowest BCUT2D eigenvalue weighted by Gasteiger charge is -2.34. The molecule has 1 saturated carbocycles. The molecule has 2 aromatic carbocycles. The van der Waals surface area contributed by atoms with E-state index in [1.165, 1.54) is 41.4 Å². The van der Waals surface area contributed by atoms with Crippen molar-refractivity contribution in [2.75, 3.05) is 16.8 Å².